The minimum Gasteiger partial charge on any atom is -0.477 e. The third-order valence-electron chi connectivity index (χ3n) is 1.91. The van der Waals surface area contributed by atoms with Gasteiger partial charge in [-0.1, -0.05) is 6.08 Å². The fourth-order valence-corrected chi connectivity index (χ4v) is 1.36. The van der Waals surface area contributed by atoms with E-state index in [1.165, 1.54) is 0 Å². The Hall–Kier alpha value is -1.38. The van der Waals surface area contributed by atoms with Crippen molar-refractivity contribution in [2.24, 2.45) is 5.73 Å². The van der Waals surface area contributed by atoms with E-state index in [0.29, 0.717) is 0 Å². The van der Waals surface area contributed by atoms with Crippen LogP contribution in [0.1, 0.15) is 6.42 Å². The highest BCUT2D eigenvalue weighted by atomic mass is 16.5. The first-order valence-corrected chi connectivity index (χ1v) is 4.10. The smallest absolute Gasteiger partial charge is 0.190 e. The zero-order chi connectivity index (χ0) is 8.39. The molecule has 0 radical (unpaired) electrons. The van der Waals surface area contributed by atoms with E-state index in [9.17, 15) is 0 Å². The third kappa shape index (κ3) is 1.30. The monoisotopic (exact) mass is 164 g/mol. The van der Waals surface area contributed by atoms with Crippen molar-refractivity contribution in [1.82, 2.24) is 5.32 Å². The lowest BCUT2D eigenvalue weighted by molar-refractivity contribution is 0.262. The number of nitrogens with one attached hydrogen (secondary N) is 1. The van der Waals surface area contributed by atoms with Gasteiger partial charge in [-0.05, 0) is 18.6 Å². The molecule has 2 rings (SSSR count). The largest absolute Gasteiger partial charge is 0.477 e. The van der Waals surface area contributed by atoms with Gasteiger partial charge in [0.05, 0.1) is 6.54 Å². The molecule has 3 heteroatoms. The fourth-order valence-electron chi connectivity index (χ4n) is 1.36. The molecule has 0 atom stereocenters. The molecule has 0 bridgehead atoms. The van der Waals surface area contributed by atoms with Gasteiger partial charge < -0.3 is 15.8 Å². The van der Waals surface area contributed by atoms with Crippen molar-refractivity contribution in [1.29, 1.82) is 0 Å². The summed E-state index contributed by atoms with van der Waals surface area (Å²) in [6.07, 6.45) is 6.82. The molecule has 1 saturated heterocycles. The van der Waals surface area contributed by atoms with Crippen molar-refractivity contribution in [3.63, 3.8) is 0 Å². The SMILES string of the molecule is NC1=CC(=C2NCCO2)CC=C1. The van der Waals surface area contributed by atoms with Gasteiger partial charge >= 0.3 is 0 Å². The van der Waals surface area contributed by atoms with Crippen molar-refractivity contribution < 1.29 is 4.74 Å². The maximum atomic E-state index is 5.65. The Labute approximate surface area is 71.6 Å². The van der Waals surface area contributed by atoms with Crippen LogP contribution in [0, 0.1) is 0 Å². The Morgan fingerprint density at radius 1 is 1.50 bits per heavy atom. The molecule has 64 valence electrons. The standard InChI is InChI=1S/C9H12N2O/c10-8-3-1-2-7(6-8)9-11-4-5-12-9/h1,3,6,11H,2,4-5,10H2. The number of rotatable bonds is 0. The average Bonchev–Trinajstić information content (AvgIpc) is 2.56. The predicted octanol–water partition coefficient (Wildman–Crippen LogP) is 0.620. The Kier molecular flexibility index (Phi) is 1.78. The number of hydrogen-bond donors (Lipinski definition) is 2. The van der Waals surface area contributed by atoms with Crippen molar-refractivity contribution in [3.05, 3.63) is 35.4 Å². The van der Waals surface area contributed by atoms with E-state index in [0.717, 1.165) is 36.7 Å². The van der Waals surface area contributed by atoms with Gasteiger partial charge in [0.25, 0.3) is 0 Å². The molecule has 0 aromatic carbocycles. The molecular weight excluding hydrogens is 152 g/mol. The molecule has 0 unspecified atom stereocenters. The second-order valence-electron chi connectivity index (χ2n) is 2.88. The molecule has 3 N–H and O–H groups in total. The topological polar surface area (TPSA) is 47.3 Å². The Bertz CT molecular complexity index is 268. The van der Waals surface area contributed by atoms with Crippen LogP contribution in [0.2, 0.25) is 0 Å². The van der Waals surface area contributed by atoms with Crippen LogP contribution >= 0.6 is 0 Å². The summed E-state index contributed by atoms with van der Waals surface area (Å²) in [6.45, 7) is 1.66. The summed E-state index contributed by atoms with van der Waals surface area (Å²) in [5.74, 6) is 0.891. The van der Waals surface area contributed by atoms with E-state index in [1.54, 1.807) is 0 Å². The van der Waals surface area contributed by atoms with Gasteiger partial charge in [-0.2, -0.15) is 0 Å². The molecule has 1 aliphatic carbocycles. The first-order chi connectivity index (χ1) is 5.86. The van der Waals surface area contributed by atoms with E-state index in [-0.39, 0.29) is 0 Å². The highest BCUT2D eigenvalue weighted by Gasteiger charge is 2.12. The highest BCUT2D eigenvalue weighted by molar-refractivity contribution is 5.36. The summed E-state index contributed by atoms with van der Waals surface area (Å²) in [5, 5.41) is 3.17. The van der Waals surface area contributed by atoms with E-state index in [1.807, 2.05) is 18.2 Å². The maximum Gasteiger partial charge on any atom is 0.190 e. The zero-order valence-corrected chi connectivity index (χ0v) is 6.84. The van der Waals surface area contributed by atoms with Crippen molar-refractivity contribution in [2.45, 2.75) is 6.42 Å². The molecule has 0 amide bonds. The molecule has 3 nitrogen and oxygen atoms in total. The van der Waals surface area contributed by atoms with E-state index < -0.39 is 0 Å². The summed E-state index contributed by atoms with van der Waals surface area (Å²) in [4.78, 5) is 0. The van der Waals surface area contributed by atoms with Crippen LogP contribution in [0.4, 0.5) is 0 Å². The average molecular weight is 164 g/mol. The second-order valence-corrected chi connectivity index (χ2v) is 2.88. The Balaban J connectivity index is 2.23. The Morgan fingerprint density at radius 3 is 3.08 bits per heavy atom. The van der Waals surface area contributed by atoms with Crippen LogP contribution in [0.25, 0.3) is 0 Å². The summed E-state index contributed by atoms with van der Waals surface area (Å²) >= 11 is 0. The van der Waals surface area contributed by atoms with Crippen molar-refractivity contribution in [2.75, 3.05) is 13.2 Å². The summed E-state index contributed by atoms with van der Waals surface area (Å²) in [7, 11) is 0. The van der Waals surface area contributed by atoms with E-state index >= 15 is 0 Å². The molecule has 0 saturated carbocycles. The number of hydrogen-bond acceptors (Lipinski definition) is 3. The molecule has 0 aromatic heterocycles. The Morgan fingerprint density at radius 2 is 2.42 bits per heavy atom. The van der Waals surface area contributed by atoms with Crippen molar-refractivity contribution >= 4 is 0 Å². The first-order valence-electron chi connectivity index (χ1n) is 4.10. The van der Waals surface area contributed by atoms with E-state index in [4.69, 9.17) is 10.5 Å². The maximum absolute atomic E-state index is 5.65. The minimum absolute atomic E-state index is 0.760. The molecular formula is C9H12N2O. The quantitative estimate of drug-likeness (QED) is 0.551. The van der Waals surface area contributed by atoms with Gasteiger partial charge in [-0.15, -0.1) is 0 Å². The van der Waals surface area contributed by atoms with Gasteiger partial charge in [-0.25, -0.2) is 0 Å². The van der Waals surface area contributed by atoms with Crippen LogP contribution in [0.15, 0.2) is 35.4 Å². The molecule has 1 aliphatic heterocycles. The van der Waals surface area contributed by atoms with Gasteiger partial charge in [0.15, 0.2) is 5.88 Å². The van der Waals surface area contributed by atoms with Crippen LogP contribution in [0.5, 0.6) is 0 Å². The van der Waals surface area contributed by atoms with E-state index in [2.05, 4.69) is 5.32 Å². The number of nitrogens with two attached hydrogens (primary N) is 1. The normalized spacial score (nSPS) is 27.8. The van der Waals surface area contributed by atoms with Crippen molar-refractivity contribution in [3.8, 4) is 0 Å². The van der Waals surface area contributed by atoms with Crippen LogP contribution in [-0.2, 0) is 4.74 Å². The first kappa shape index (κ1) is 7.28. The van der Waals surface area contributed by atoms with Gasteiger partial charge in [0.1, 0.15) is 6.61 Å². The summed E-state index contributed by atoms with van der Waals surface area (Å²) in [5.41, 5.74) is 7.59. The van der Waals surface area contributed by atoms with Gasteiger partial charge in [0, 0.05) is 11.3 Å². The summed E-state index contributed by atoms with van der Waals surface area (Å²) in [6, 6.07) is 0. The number of allylic oxidation sites excluding steroid dienone is 4. The molecule has 1 heterocycles. The minimum atomic E-state index is 0.760. The molecule has 12 heavy (non-hydrogen) atoms. The molecule has 1 fully saturated rings. The molecule has 0 aromatic rings. The molecule has 0 spiro atoms. The summed E-state index contributed by atoms with van der Waals surface area (Å²) < 4.78 is 5.38. The lowest BCUT2D eigenvalue weighted by atomic mass is 10.1. The second kappa shape index (κ2) is 2.93. The number of ether oxygens (including phenoxy) is 1. The van der Waals surface area contributed by atoms with Gasteiger partial charge in [-0.3, -0.25) is 0 Å². The zero-order valence-electron chi connectivity index (χ0n) is 6.84. The lowest BCUT2D eigenvalue weighted by Gasteiger charge is -2.08. The van der Waals surface area contributed by atoms with Crippen LogP contribution in [-0.4, -0.2) is 13.2 Å². The predicted molar refractivity (Wildman–Crippen MR) is 47.0 cm³/mol. The fraction of sp³-hybridized carbons (Fsp3) is 0.333. The third-order valence-corrected chi connectivity index (χ3v) is 1.91. The van der Waals surface area contributed by atoms with Crippen LogP contribution in [0.3, 0.4) is 0 Å². The van der Waals surface area contributed by atoms with Crippen LogP contribution < -0.4 is 11.1 Å². The highest BCUT2D eigenvalue weighted by Crippen LogP contribution is 2.18. The van der Waals surface area contributed by atoms with Gasteiger partial charge in [0.2, 0.25) is 0 Å². The molecule has 2 aliphatic rings. The lowest BCUT2D eigenvalue weighted by Crippen LogP contribution is -2.09.